The zero-order valence-electron chi connectivity index (χ0n) is 34.7. The molecule has 3 fully saturated rings. The van der Waals surface area contributed by atoms with Gasteiger partial charge in [0.15, 0.2) is 30.0 Å². The molecule has 0 aromatic heterocycles. The number of carbonyl (C=O) groups excluding carboxylic acids is 1. The van der Waals surface area contributed by atoms with Crippen molar-refractivity contribution < 1.29 is 114 Å². The molecule has 3 aromatic carbocycles. The van der Waals surface area contributed by atoms with Gasteiger partial charge in [0, 0.05) is 23.8 Å². The molecule has 4 aliphatic rings. The topological polar surface area (TPSA) is 363 Å². The molecule has 23 nitrogen and oxygen atoms in total. The number of aliphatic hydroxyl groups is 10. The second-order valence-electron chi connectivity index (χ2n) is 15.6. The summed E-state index contributed by atoms with van der Waals surface area (Å²) in [6, 6.07) is 12.1. The van der Waals surface area contributed by atoms with Gasteiger partial charge in [-0.2, -0.15) is 0 Å². The maximum Gasteiger partial charge on any atom is 0.330 e. The third-order valence-electron chi connectivity index (χ3n) is 11.2. The van der Waals surface area contributed by atoms with E-state index < -0.39 is 130 Å². The van der Waals surface area contributed by atoms with Crippen molar-refractivity contribution in [1.82, 2.24) is 0 Å². The predicted molar refractivity (Wildman–Crippen MR) is 217 cm³/mol. The van der Waals surface area contributed by atoms with E-state index >= 15 is 0 Å². The molecule has 16 unspecified atom stereocenters. The summed E-state index contributed by atoms with van der Waals surface area (Å²) >= 11 is 0. The molecule has 3 aromatic rings. The standard InChI is InChI=1S/C43H50O23/c1-58-25-10-17(2-8-22(25)48)3-9-30(49)59-16-29-33(52)36(55)40(66-42-38(57)35(54)32(51)28(15-45)64-42)43(65-29)62-26-13-21-23(60-39(26)18-4-6-19(46)7-5-18)11-20(47)12-24(21)61-41-37(56)34(53)31(50)27(14-44)63-41/h2-13,27-29,31-48,50-57H,14-16H2,1H3. The fraction of sp³-hybridized carbons (Fsp3) is 0.465. The monoisotopic (exact) mass is 934 g/mol. The van der Waals surface area contributed by atoms with E-state index in [4.69, 9.17) is 42.6 Å². The Bertz CT molecular complexity index is 2200. The van der Waals surface area contributed by atoms with Crippen LogP contribution in [0.5, 0.6) is 34.5 Å². The maximum atomic E-state index is 12.9. The average Bonchev–Trinajstić information content (AvgIpc) is 3.30. The third kappa shape index (κ3) is 10.3. The maximum absolute atomic E-state index is 12.9. The molecule has 7 rings (SSSR count). The summed E-state index contributed by atoms with van der Waals surface area (Å²) in [5, 5.41) is 137. The van der Waals surface area contributed by atoms with Crippen LogP contribution in [0.2, 0.25) is 0 Å². The zero-order chi connectivity index (χ0) is 47.6. The van der Waals surface area contributed by atoms with Gasteiger partial charge in [0.05, 0.1) is 25.9 Å². The highest BCUT2D eigenvalue weighted by molar-refractivity contribution is 5.87. The molecule has 16 atom stereocenters. The van der Waals surface area contributed by atoms with Gasteiger partial charge in [0.25, 0.3) is 0 Å². The number of methoxy groups -OCH3 is 1. The third-order valence-corrected chi connectivity index (χ3v) is 11.2. The summed E-state index contributed by atoms with van der Waals surface area (Å²) in [5.41, 5.74) is 0.731. The minimum absolute atomic E-state index is 0.0129. The molecule has 0 spiro atoms. The van der Waals surface area contributed by atoms with Crippen molar-refractivity contribution in [3.05, 3.63) is 83.1 Å². The Morgan fingerprint density at radius 2 is 1.27 bits per heavy atom. The number of hydrogen-bond donors (Lipinski definition) is 13. The van der Waals surface area contributed by atoms with E-state index in [9.17, 15) is 71.2 Å². The highest BCUT2D eigenvalue weighted by atomic mass is 16.8. The molecule has 360 valence electrons. The number of carbonyl (C=O) groups is 1. The van der Waals surface area contributed by atoms with Gasteiger partial charge in [-0.1, -0.05) is 18.2 Å². The molecule has 0 radical (unpaired) electrons. The van der Waals surface area contributed by atoms with Crippen molar-refractivity contribution in [3.63, 3.8) is 0 Å². The van der Waals surface area contributed by atoms with E-state index in [1.54, 1.807) is 0 Å². The van der Waals surface area contributed by atoms with Crippen molar-refractivity contribution in [2.24, 2.45) is 0 Å². The summed E-state index contributed by atoms with van der Waals surface area (Å²) in [6.45, 7) is -2.34. The largest absolute Gasteiger partial charge is 0.508 e. The van der Waals surface area contributed by atoms with Gasteiger partial charge in [0.2, 0.25) is 12.6 Å². The minimum atomic E-state index is -2.04. The van der Waals surface area contributed by atoms with E-state index in [1.807, 2.05) is 0 Å². The number of benzene rings is 3. The van der Waals surface area contributed by atoms with Crippen molar-refractivity contribution in [3.8, 4) is 34.5 Å². The quantitative estimate of drug-likeness (QED) is 0.0581. The van der Waals surface area contributed by atoms with Crippen molar-refractivity contribution in [2.75, 3.05) is 26.9 Å². The Balaban J connectivity index is 1.23. The molecule has 4 heterocycles. The fourth-order valence-electron chi connectivity index (χ4n) is 7.52. The van der Waals surface area contributed by atoms with Gasteiger partial charge in [-0.05, 0) is 42.0 Å². The van der Waals surface area contributed by atoms with Crippen LogP contribution in [0, 0.1) is 0 Å². The van der Waals surface area contributed by atoms with Crippen LogP contribution >= 0.6 is 0 Å². The number of phenolic OH excluding ortho intramolecular Hbond substituents is 3. The van der Waals surface area contributed by atoms with Crippen LogP contribution < -0.4 is 14.2 Å². The first-order valence-electron chi connectivity index (χ1n) is 20.4. The second-order valence-corrected chi connectivity index (χ2v) is 15.6. The number of rotatable bonds is 14. The molecule has 66 heavy (non-hydrogen) atoms. The Labute approximate surface area is 374 Å². The number of phenols is 3. The molecular formula is C43H50O23. The second kappa shape index (κ2) is 20.7. The van der Waals surface area contributed by atoms with Crippen LogP contribution in [0.25, 0.3) is 12.2 Å². The van der Waals surface area contributed by atoms with Gasteiger partial charge in [-0.15, -0.1) is 0 Å². The van der Waals surface area contributed by atoms with Crippen molar-refractivity contribution >= 4 is 18.1 Å². The Morgan fingerprint density at radius 1 is 0.652 bits per heavy atom. The fourth-order valence-corrected chi connectivity index (χ4v) is 7.52. The first kappa shape index (κ1) is 48.6. The summed E-state index contributed by atoms with van der Waals surface area (Å²) in [4.78, 5) is 12.9. The van der Waals surface area contributed by atoms with Gasteiger partial charge in [-0.3, -0.25) is 0 Å². The minimum Gasteiger partial charge on any atom is -0.508 e. The Morgan fingerprint density at radius 3 is 1.92 bits per heavy atom. The molecule has 0 aliphatic carbocycles. The smallest absolute Gasteiger partial charge is 0.330 e. The van der Waals surface area contributed by atoms with E-state index in [1.165, 1.54) is 67.8 Å². The Kier molecular flexibility index (Phi) is 15.2. The molecule has 0 amide bonds. The summed E-state index contributed by atoms with van der Waals surface area (Å²) < 4.78 is 52.1. The van der Waals surface area contributed by atoms with E-state index in [-0.39, 0.29) is 40.1 Å². The number of esters is 1. The lowest BCUT2D eigenvalue weighted by atomic mass is 9.97. The average molecular weight is 935 g/mol. The number of aliphatic hydroxyl groups excluding tert-OH is 10. The molecule has 0 bridgehead atoms. The SMILES string of the molecule is COc1cc(C=CC(=O)OCC2OC(OC3=Cc4c(cc(O)cc4OC4OC(CO)C(O)C(O)C4O)OC3c3ccc(O)cc3)C(OC3OC(CO)C(O)C(O)C3O)C(O)C2O)ccc1O. The van der Waals surface area contributed by atoms with Crippen molar-refractivity contribution in [1.29, 1.82) is 0 Å². The number of hydrogen-bond acceptors (Lipinski definition) is 23. The number of fused-ring (bicyclic) bond motifs is 1. The Hall–Kier alpha value is -5.35. The molecule has 4 aliphatic heterocycles. The van der Waals surface area contributed by atoms with E-state index in [2.05, 4.69) is 0 Å². The number of ether oxygens (including phenoxy) is 9. The predicted octanol–water partition coefficient (Wildman–Crippen LogP) is -2.63. The zero-order valence-corrected chi connectivity index (χ0v) is 34.7. The van der Waals surface area contributed by atoms with Gasteiger partial charge in [-0.25, -0.2) is 4.79 Å². The first-order valence-corrected chi connectivity index (χ1v) is 20.4. The van der Waals surface area contributed by atoms with Crippen LogP contribution in [-0.2, 0) is 33.2 Å². The highest BCUT2D eigenvalue weighted by Gasteiger charge is 2.53. The van der Waals surface area contributed by atoms with Gasteiger partial charge in [0.1, 0.15) is 103 Å². The van der Waals surface area contributed by atoms with Crippen LogP contribution in [-0.4, -0.2) is 191 Å². The van der Waals surface area contributed by atoms with Crippen molar-refractivity contribution in [2.45, 2.75) is 98.2 Å². The van der Waals surface area contributed by atoms with Crippen LogP contribution in [0.1, 0.15) is 22.8 Å². The van der Waals surface area contributed by atoms with Crippen LogP contribution in [0.3, 0.4) is 0 Å². The number of aromatic hydroxyl groups is 3. The van der Waals surface area contributed by atoms with E-state index in [0.29, 0.717) is 11.1 Å². The molecule has 0 saturated carbocycles. The molecule has 23 heteroatoms. The van der Waals surface area contributed by atoms with E-state index in [0.717, 1.165) is 12.1 Å². The lowest BCUT2D eigenvalue weighted by Crippen LogP contribution is -2.64. The molecule has 13 N–H and O–H groups in total. The first-order chi connectivity index (χ1) is 31.5. The molecular weight excluding hydrogens is 884 g/mol. The van der Waals surface area contributed by atoms with Crippen LogP contribution in [0.4, 0.5) is 0 Å². The van der Waals surface area contributed by atoms with Gasteiger partial charge < -0.3 is 109 Å². The lowest BCUT2D eigenvalue weighted by molar-refractivity contribution is -0.364. The summed E-state index contributed by atoms with van der Waals surface area (Å²) in [6.07, 6.45) is -24.6. The molecule has 3 saturated heterocycles. The van der Waals surface area contributed by atoms with Crippen LogP contribution in [0.15, 0.2) is 66.4 Å². The van der Waals surface area contributed by atoms with Gasteiger partial charge >= 0.3 is 5.97 Å². The normalized spacial score (nSPS) is 34.4. The summed E-state index contributed by atoms with van der Waals surface area (Å²) in [7, 11) is 1.34. The summed E-state index contributed by atoms with van der Waals surface area (Å²) in [5.74, 6) is -2.05. The highest BCUT2D eigenvalue weighted by Crippen LogP contribution is 2.46. The lowest BCUT2D eigenvalue weighted by Gasteiger charge is -2.46.